The smallest absolute Gasteiger partial charge is 0.0341 e. The summed E-state index contributed by atoms with van der Waals surface area (Å²) in [5, 5.41) is 0.236. The van der Waals surface area contributed by atoms with Crippen molar-refractivity contribution in [3.05, 3.63) is 34.9 Å². The summed E-state index contributed by atoms with van der Waals surface area (Å²) in [5.41, 5.74) is 4.17. The van der Waals surface area contributed by atoms with Crippen molar-refractivity contribution in [1.82, 2.24) is 0 Å². The number of rotatable bonds is 4. The first-order chi connectivity index (χ1) is 7.41. The van der Waals surface area contributed by atoms with Crippen molar-refractivity contribution in [2.75, 3.05) is 0 Å². The Balaban J connectivity index is 2.89. The molecule has 0 nitrogen and oxygen atoms in total. The fourth-order valence-electron chi connectivity index (χ4n) is 2.20. The van der Waals surface area contributed by atoms with E-state index in [9.17, 15) is 0 Å². The topological polar surface area (TPSA) is 0 Å². The van der Waals surface area contributed by atoms with Crippen LogP contribution in [0.3, 0.4) is 0 Å². The van der Waals surface area contributed by atoms with Crippen LogP contribution < -0.4 is 0 Å². The van der Waals surface area contributed by atoms with Crippen LogP contribution in [0, 0.1) is 25.7 Å². The molecule has 0 radical (unpaired) electrons. The molecule has 2 unspecified atom stereocenters. The Kier molecular flexibility index (Phi) is 4.86. The number of hydrogen-bond donors (Lipinski definition) is 0. The minimum Gasteiger partial charge on any atom is -0.123 e. The van der Waals surface area contributed by atoms with Gasteiger partial charge in [0, 0.05) is 5.38 Å². The van der Waals surface area contributed by atoms with Gasteiger partial charge in [-0.15, -0.1) is 11.6 Å². The summed E-state index contributed by atoms with van der Waals surface area (Å²) in [4.78, 5) is 0. The molecule has 1 aromatic rings. The molecule has 0 fully saturated rings. The highest BCUT2D eigenvalue weighted by molar-refractivity contribution is 6.20. The fourth-order valence-corrected chi connectivity index (χ4v) is 2.58. The first kappa shape index (κ1) is 13.6. The average molecular weight is 239 g/mol. The molecule has 90 valence electrons. The molecule has 0 aliphatic rings. The highest BCUT2D eigenvalue weighted by Gasteiger charge is 2.20. The zero-order valence-corrected chi connectivity index (χ0v) is 11.8. The van der Waals surface area contributed by atoms with Crippen molar-refractivity contribution in [2.24, 2.45) is 11.8 Å². The van der Waals surface area contributed by atoms with Crippen LogP contribution in [-0.4, -0.2) is 5.38 Å². The molecule has 0 spiro atoms. The third-order valence-corrected chi connectivity index (χ3v) is 3.73. The van der Waals surface area contributed by atoms with Gasteiger partial charge in [0.25, 0.3) is 0 Å². The molecule has 2 atom stereocenters. The predicted octanol–water partition coefficient (Wildman–Crippen LogP) is 4.75. The van der Waals surface area contributed by atoms with Gasteiger partial charge >= 0.3 is 0 Å². The van der Waals surface area contributed by atoms with Gasteiger partial charge in [-0.3, -0.25) is 0 Å². The Labute approximate surface area is 105 Å². The van der Waals surface area contributed by atoms with Crippen molar-refractivity contribution in [2.45, 2.75) is 46.4 Å². The lowest BCUT2D eigenvalue weighted by Gasteiger charge is -2.24. The Hall–Kier alpha value is -0.490. The highest BCUT2D eigenvalue weighted by Crippen LogP contribution is 2.26. The van der Waals surface area contributed by atoms with Crippen molar-refractivity contribution in [1.29, 1.82) is 0 Å². The number of alkyl halides is 1. The Morgan fingerprint density at radius 1 is 1.12 bits per heavy atom. The summed E-state index contributed by atoms with van der Waals surface area (Å²) in [6, 6.07) is 6.68. The van der Waals surface area contributed by atoms with Gasteiger partial charge in [-0.25, -0.2) is 0 Å². The van der Waals surface area contributed by atoms with Crippen molar-refractivity contribution >= 4 is 11.6 Å². The summed E-state index contributed by atoms with van der Waals surface area (Å²) in [5.74, 6) is 1.19. The minimum atomic E-state index is 0.236. The maximum Gasteiger partial charge on any atom is 0.0341 e. The van der Waals surface area contributed by atoms with E-state index in [0.29, 0.717) is 11.8 Å². The summed E-state index contributed by atoms with van der Waals surface area (Å²) >= 11 is 6.28. The molecule has 0 aliphatic carbocycles. The lowest BCUT2D eigenvalue weighted by Crippen LogP contribution is -2.21. The second kappa shape index (κ2) is 5.72. The van der Waals surface area contributed by atoms with Crippen LogP contribution in [0.1, 0.15) is 37.5 Å². The lowest BCUT2D eigenvalue weighted by atomic mass is 9.85. The Bertz CT molecular complexity index is 331. The largest absolute Gasteiger partial charge is 0.123 e. The number of halogens is 1. The first-order valence-electron chi connectivity index (χ1n) is 6.12. The Morgan fingerprint density at radius 2 is 1.75 bits per heavy atom. The van der Waals surface area contributed by atoms with Crippen LogP contribution in [0.25, 0.3) is 0 Å². The summed E-state index contributed by atoms with van der Waals surface area (Å²) in [6.45, 7) is 11.0. The van der Waals surface area contributed by atoms with Crippen LogP contribution in [0.4, 0.5) is 0 Å². The van der Waals surface area contributed by atoms with E-state index in [1.807, 2.05) is 0 Å². The predicted molar refractivity (Wildman–Crippen MR) is 73.3 cm³/mol. The SMILES string of the molecule is Cc1ccc(C)c(CC(C(C)C)C(C)Cl)c1. The van der Waals surface area contributed by atoms with Gasteiger partial charge in [0.15, 0.2) is 0 Å². The van der Waals surface area contributed by atoms with Crippen LogP contribution in [0.15, 0.2) is 18.2 Å². The molecule has 16 heavy (non-hydrogen) atoms. The maximum absolute atomic E-state index is 6.28. The molecule has 0 saturated heterocycles. The third-order valence-electron chi connectivity index (χ3n) is 3.41. The molecule has 0 N–H and O–H groups in total. The van der Waals surface area contributed by atoms with Crippen molar-refractivity contribution in [3.63, 3.8) is 0 Å². The summed E-state index contributed by atoms with van der Waals surface area (Å²) < 4.78 is 0. The fraction of sp³-hybridized carbons (Fsp3) is 0.600. The molecule has 1 rings (SSSR count). The van der Waals surface area contributed by atoms with E-state index in [4.69, 9.17) is 11.6 Å². The first-order valence-corrected chi connectivity index (χ1v) is 6.55. The molecule has 1 aromatic carbocycles. The van der Waals surface area contributed by atoms with Gasteiger partial charge in [0.1, 0.15) is 0 Å². The van der Waals surface area contributed by atoms with Crippen LogP contribution >= 0.6 is 11.6 Å². The monoisotopic (exact) mass is 238 g/mol. The number of benzene rings is 1. The van der Waals surface area contributed by atoms with E-state index in [-0.39, 0.29) is 5.38 Å². The number of aryl methyl sites for hydroxylation is 2. The number of hydrogen-bond acceptors (Lipinski definition) is 0. The molecule has 0 bridgehead atoms. The van der Waals surface area contributed by atoms with Crippen LogP contribution in [-0.2, 0) is 6.42 Å². The van der Waals surface area contributed by atoms with E-state index >= 15 is 0 Å². The third kappa shape index (κ3) is 3.52. The molecule has 0 saturated carbocycles. The normalized spacial score (nSPS) is 15.2. The van der Waals surface area contributed by atoms with E-state index in [1.54, 1.807) is 0 Å². The van der Waals surface area contributed by atoms with Gasteiger partial charge in [0.2, 0.25) is 0 Å². The average Bonchev–Trinajstić information content (AvgIpc) is 2.18. The lowest BCUT2D eigenvalue weighted by molar-refractivity contribution is 0.376. The molecule has 0 aliphatic heterocycles. The molecular formula is C15H23Cl. The molecular weight excluding hydrogens is 216 g/mol. The highest BCUT2D eigenvalue weighted by atomic mass is 35.5. The minimum absolute atomic E-state index is 0.236. The van der Waals surface area contributed by atoms with Crippen LogP contribution in [0.2, 0.25) is 0 Å². The molecule has 0 aromatic heterocycles. The van der Waals surface area contributed by atoms with Crippen molar-refractivity contribution < 1.29 is 0 Å². The summed E-state index contributed by atoms with van der Waals surface area (Å²) in [6.07, 6.45) is 1.09. The zero-order chi connectivity index (χ0) is 12.3. The van der Waals surface area contributed by atoms with Gasteiger partial charge in [-0.05, 0) is 50.2 Å². The second-order valence-electron chi connectivity index (χ2n) is 5.22. The standard InChI is InChI=1S/C15H23Cl/c1-10(2)15(13(5)16)9-14-8-11(3)6-7-12(14)4/h6-8,10,13,15H,9H2,1-5H3. The van der Waals surface area contributed by atoms with Gasteiger partial charge < -0.3 is 0 Å². The van der Waals surface area contributed by atoms with E-state index in [0.717, 1.165) is 6.42 Å². The zero-order valence-electron chi connectivity index (χ0n) is 11.0. The van der Waals surface area contributed by atoms with Gasteiger partial charge in [-0.1, -0.05) is 37.6 Å². The van der Waals surface area contributed by atoms with Crippen molar-refractivity contribution in [3.8, 4) is 0 Å². The van der Waals surface area contributed by atoms with E-state index in [2.05, 4.69) is 52.8 Å². The Morgan fingerprint density at radius 3 is 2.25 bits per heavy atom. The molecule has 0 amide bonds. The van der Waals surface area contributed by atoms with Crippen LogP contribution in [0.5, 0.6) is 0 Å². The maximum atomic E-state index is 6.28. The quantitative estimate of drug-likeness (QED) is 0.665. The van der Waals surface area contributed by atoms with Gasteiger partial charge in [-0.2, -0.15) is 0 Å². The van der Waals surface area contributed by atoms with Gasteiger partial charge in [0.05, 0.1) is 0 Å². The van der Waals surface area contributed by atoms with E-state index < -0.39 is 0 Å². The van der Waals surface area contributed by atoms with E-state index in [1.165, 1.54) is 16.7 Å². The summed E-state index contributed by atoms with van der Waals surface area (Å²) in [7, 11) is 0. The molecule has 1 heteroatoms. The second-order valence-corrected chi connectivity index (χ2v) is 5.91. The molecule has 0 heterocycles.